The average molecular weight is 299 g/mol. The highest BCUT2D eigenvalue weighted by molar-refractivity contribution is 9.10. The van der Waals surface area contributed by atoms with E-state index in [1.807, 2.05) is 17.7 Å². The van der Waals surface area contributed by atoms with Crippen LogP contribution >= 0.6 is 15.9 Å². The first-order valence-corrected chi connectivity index (χ1v) is 6.46. The normalized spacial score (nSPS) is 11.6. The summed E-state index contributed by atoms with van der Waals surface area (Å²) in [5, 5.41) is 4.27. The van der Waals surface area contributed by atoms with Crippen LogP contribution in [-0.2, 0) is 13.6 Å². The second-order valence-electron chi connectivity index (χ2n) is 4.49. The molecule has 0 bridgehead atoms. The Morgan fingerprint density at radius 2 is 2.12 bits per heavy atom. The highest BCUT2D eigenvalue weighted by atomic mass is 79.9. The first kappa shape index (κ1) is 12.6. The van der Waals surface area contributed by atoms with Crippen molar-refractivity contribution in [1.82, 2.24) is 9.88 Å². The molecule has 0 amide bonds. The molecule has 92 valence electrons. The maximum absolute atomic E-state index is 13.8. The first-order chi connectivity index (χ1) is 8.02. The van der Waals surface area contributed by atoms with Gasteiger partial charge in [-0.1, -0.05) is 26.0 Å². The van der Waals surface area contributed by atoms with Crippen molar-refractivity contribution in [3.8, 4) is 0 Å². The summed E-state index contributed by atoms with van der Waals surface area (Å²) in [7, 11) is 1.90. The molecule has 2 aromatic rings. The Balaban J connectivity index is 2.53. The van der Waals surface area contributed by atoms with Gasteiger partial charge in [-0.25, -0.2) is 4.39 Å². The highest BCUT2D eigenvalue weighted by Gasteiger charge is 2.15. The lowest BCUT2D eigenvalue weighted by Crippen LogP contribution is -2.23. The fraction of sp³-hybridized carbons (Fsp3) is 0.385. The molecule has 17 heavy (non-hydrogen) atoms. The minimum absolute atomic E-state index is 0.179. The van der Waals surface area contributed by atoms with Crippen LogP contribution < -0.4 is 5.32 Å². The molecular formula is C13H16BrFN2. The Hall–Kier alpha value is -0.870. The third-order valence-electron chi connectivity index (χ3n) is 2.89. The van der Waals surface area contributed by atoms with Crippen molar-refractivity contribution in [2.24, 2.45) is 7.05 Å². The standard InChI is InChI=1S/C13H16BrFN2/c1-8(2)16-7-11-12(14)9-5-4-6-10(15)13(9)17(11)3/h4-6,8,16H,7H2,1-3H3. The number of halogens is 2. The number of nitrogens with zero attached hydrogens (tertiary/aromatic N) is 1. The van der Waals surface area contributed by atoms with Crippen LogP contribution in [0.5, 0.6) is 0 Å². The van der Waals surface area contributed by atoms with Crippen molar-refractivity contribution in [3.63, 3.8) is 0 Å². The molecule has 0 unspecified atom stereocenters. The summed E-state index contributed by atoms with van der Waals surface area (Å²) in [5.74, 6) is -0.179. The number of hydrogen-bond donors (Lipinski definition) is 1. The van der Waals surface area contributed by atoms with E-state index in [-0.39, 0.29) is 5.82 Å². The molecule has 0 spiro atoms. The van der Waals surface area contributed by atoms with Crippen molar-refractivity contribution in [2.75, 3.05) is 0 Å². The van der Waals surface area contributed by atoms with E-state index >= 15 is 0 Å². The average Bonchev–Trinajstić information content (AvgIpc) is 2.50. The summed E-state index contributed by atoms with van der Waals surface area (Å²) >= 11 is 3.56. The van der Waals surface area contributed by atoms with Crippen LogP contribution in [0.3, 0.4) is 0 Å². The predicted molar refractivity (Wildman–Crippen MR) is 72.6 cm³/mol. The van der Waals surface area contributed by atoms with Crippen molar-refractivity contribution in [3.05, 3.63) is 34.2 Å². The zero-order chi connectivity index (χ0) is 12.6. The largest absolute Gasteiger partial charge is 0.343 e. The minimum atomic E-state index is -0.179. The Labute approximate surface area is 109 Å². The Morgan fingerprint density at radius 3 is 2.71 bits per heavy atom. The molecule has 1 aromatic carbocycles. The highest BCUT2D eigenvalue weighted by Crippen LogP contribution is 2.31. The summed E-state index contributed by atoms with van der Waals surface area (Å²) in [6.45, 7) is 4.91. The molecule has 0 atom stereocenters. The van der Waals surface area contributed by atoms with E-state index in [1.165, 1.54) is 6.07 Å². The summed E-state index contributed by atoms with van der Waals surface area (Å²) in [6, 6.07) is 5.57. The number of aryl methyl sites for hydroxylation is 1. The SMILES string of the molecule is CC(C)NCc1c(Br)c2cccc(F)c2n1C. The Bertz CT molecular complexity index is 546. The number of benzene rings is 1. The van der Waals surface area contributed by atoms with Gasteiger partial charge in [0.25, 0.3) is 0 Å². The maximum Gasteiger partial charge on any atom is 0.147 e. The lowest BCUT2D eigenvalue weighted by atomic mass is 10.2. The van der Waals surface area contributed by atoms with Gasteiger partial charge in [0.1, 0.15) is 5.82 Å². The van der Waals surface area contributed by atoms with E-state index < -0.39 is 0 Å². The molecule has 0 fully saturated rings. The quantitative estimate of drug-likeness (QED) is 0.916. The second kappa shape index (κ2) is 4.78. The molecule has 0 saturated heterocycles. The molecular weight excluding hydrogens is 283 g/mol. The fourth-order valence-corrected chi connectivity index (χ4v) is 2.69. The lowest BCUT2D eigenvalue weighted by molar-refractivity contribution is 0.569. The molecule has 0 saturated carbocycles. The summed E-state index contributed by atoms with van der Waals surface area (Å²) in [4.78, 5) is 0. The number of aromatic nitrogens is 1. The van der Waals surface area contributed by atoms with Gasteiger partial charge in [-0.3, -0.25) is 0 Å². The zero-order valence-electron chi connectivity index (χ0n) is 10.2. The maximum atomic E-state index is 13.8. The summed E-state index contributed by atoms with van der Waals surface area (Å²) in [6.07, 6.45) is 0. The van der Waals surface area contributed by atoms with Crippen molar-refractivity contribution in [2.45, 2.75) is 26.4 Å². The second-order valence-corrected chi connectivity index (χ2v) is 5.28. The van der Waals surface area contributed by atoms with Gasteiger partial charge in [-0.15, -0.1) is 0 Å². The van der Waals surface area contributed by atoms with Crippen LogP contribution in [0.2, 0.25) is 0 Å². The molecule has 2 nitrogen and oxygen atoms in total. The van der Waals surface area contributed by atoms with E-state index in [4.69, 9.17) is 0 Å². The van der Waals surface area contributed by atoms with Crippen LogP contribution in [0.25, 0.3) is 10.9 Å². The molecule has 0 radical (unpaired) electrons. The van der Waals surface area contributed by atoms with Crippen molar-refractivity contribution >= 4 is 26.8 Å². The molecule has 0 aliphatic rings. The smallest absolute Gasteiger partial charge is 0.147 e. The first-order valence-electron chi connectivity index (χ1n) is 5.67. The number of para-hydroxylation sites is 1. The van der Waals surface area contributed by atoms with E-state index in [1.54, 1.807) is 6.07 Å². The van der Waals surface area contributed by atoms with Crippen LogP contribution in [0.15, 0.2) is 22.7 Å². The van der Waals surface area contributed by atoms with E-state index in [0.717, 1.165) is 22.1 Å². The van der Waals surface area contributed by atoms with Gasteiger partial charge in [0, 0.05) is 35.2 Å². The van der Waals surface area contributed by atoms with Crippen molar-refractivity contribution < 1.29 is 4.39 Å². The Kier molecular flexibility index (Phi) is 3.54. The summed E-state index contributed by atoms with van der Waals surface area (Å²) < 4.78 is 16.7. The Morgan fingerprint density at radius 1 is 1.41 bits per heavy atom. The molecule has 0 aliphatic heterocycles. The number of rotatable bonds is 3. The monoisotopic (exact) mass is 298 g/mol. The van der Waals surface area contributed by atoms with Crippen molar-refractivity contribution in [1.29, 1.82) is 0 Å². The third-order valence-corrected chi connectivity index (χ3v) is 3.78. The van der Waals surface area contributed by atoms with Gasteiger partial charge in [-0.2, -0.15) is 0 Å². The molecule has 4 heteroatoms. The third kappa shape index (κ3) is 2.24. The molecule has 1 heterocycles. The van der Waals surface area contributed by atoms with Crippen LogP contribution in [0.4, 0.5) is 4.39 Å². The molecule has 1 N–H and O–H groups in total. The van der Waals surface area contributed by atoms with Gasteiger partial charge in [0.15, 0.2) is 0 Å². The van der Waals surface area contributed by atoms with Crippen LogP contribution in [0.1, 0.15) is 19.5 Å². The number of hydrogen-bond acceptors (Lipinski definition) is 1. The predicted octanol–water partition coefficient (Wildman–Crippen LogP) is 3.58. The minimum Gasteiger partial charge on any atom is -0.343 e. The van der Waals surface area contributed by atoms with Crippen LogP contribution in [0, 0.1) is 5.82 Å². The van der Waals surface area contributed by atoms with E-state index in [2.05, 4.69) is 35.1 Å². The number of fused-ring (bicyclic) bond motifs is 1. The van der Waals surface area contributed by atoms with E-state index in [0.29, 0.717) is 11.6 Å². The fourth-order valence-electron chi connectivity index (χ4n) is 1.97. The topological polar surface area (TPSA) is 17.0 Å². The van der Waals surface area contributed by atoms with E-state index in [9.17, 15) is 4.39 Å². The van der Waals surface area contributed by atoms with Gasteiger partial charge in [0.2, 0.25) is 0 Å². The molecule has 1 aromatic heterocycles. The van der Waals surface area contributed by atoms with Crippen LogP contribution in [-0.4, -0.2) is 10.6 Å². The number of nitrogens with one attached hydrogen (secondary N) is 1. The van der Waals surface area contributed by atoms with Gasteiger partial charge in [-0.05, 0) is 22.0 Å². The summed E-state index contributed by atoms with van der Waals surface area (Å²) in [5.41, 5.74) is 1.72. The van der Waals surface area contributed by atoms with Gasteiger partial charge in [0.05, 0.1) is 5.52 Å². The zero-order valence-corrected chi connectivity index (χ0v) is 11.8. The molecule has 2 rings (SSSR count). The van der Waals surface area contributed by atoms with Gasteiger partial charge >= 0.3 is 0 Å². The van der Waals surface area contributed by atoms with Gasteiger partial charge < -0.3 is 9.88 Å². The lowest BCUT2D eigenvalue weighted by Gasteiger charge is -2.10. The molecule has 0 aliphatic carbocycles.